The van der Waals surface area contributed by atoms with E-state index in [9.17, 15) is 32.9 Å². The Bertz CT molecular complexity index is 1510. The van der Waals surface area contributed by atoms with Crippen molar-refractivity contribution in [1.29, 1.82) is 0 Å². The molecule has 10 nitrogen and oxygen atoms in total. The minimum absolute atomic E-state index is 0.0348. The number of hydrogen-bond donors (Lipinski definition) is 2. The Morgan fingerprint density at radius 3 is 2.46 bits per heavy atom. The van der Waals surface area contributed by atoms with Gasteiger partial charge < -0.3 is 11.1 Å². The number of thiophene rings is 1. The quantitative estimate of drug-likeness (QED) is 0.306. The topological polar surface area (TPSA) is 146 Å². The van der Waals surface area contributed by atoms with E-state index in [0.717, 1.165) is 22.5 Å². The lowest BCUT2D eigenvalue weighted by molar-refractivity contribution is -0.385. The number of halogens is 3. The number of anilines is 1. The van der Waals surface area contributed by atoms with Crippen molar-refractivity contribution in [2.45, 2.75) is 13.1 Å². The van der Waals surface area contributed by atoms with Crippen molar-refractivity contribution in [3.63, 3.8) is 0 Å². The molecule has 3 N–H and O–H groups in total. The number of nitrogens with one attached hydrogen (secondary N) is 1. The molecule has 3 heterocycles. The van der Waals surface area contributed by atoms with Gasteiger partial charge in [0.15, 0.2) is 0 Å². The molecule has 0 aliphatic carbocycles. The van der Waals surface area contributed by atoms with Crippen LogP contribution in [0.5, 0.6) is 0 Å². The summed E-state index contributed by atoms with van der Waals surface area (Å²) in [6.45, 7) is 1.80. The van der Waals surface area contributed by atoms with Crippen LogP contribution in [0.1, 0.15) is 31.4 Å². The Balaban J connectivity index is 1.98. The number of benzene rings is 1. The minimum atomic E-state index is -4.79. The number of carbonyl (C=O) groups excluding carboxylic acids is 2. The van der Waals surface area contributed by atoms with Crippen LogP contribution in [0.4, 0.5) is 24.5 Å². The molecule has 0 bridgehead atoms. The van der Waals surface area contributed by atoms with Gasteiger partial charge in [0.1, 0.15) is 21.6 Å². The Kier molecular flexibility index (Phi) is 5.76. The van der Waals surface area contributed by atoms with E-state index < -0.39 is 40.0 Å². The molecule has 0 saturated carbocycles. The van der Waals surface area contributed by atoms with Gasteiger partial charge in [-0.2, -0.15) is 18.3 Å². The normalized spacial score (nSPS) is 11.6. The summed E-state index contributed by atoms with van der Waals surface area (Å²) < 4.78 is 41.9. The molecular formula is C21H15F3N6O4S. The summed E-state index contributed by atoms with van der Waals surface area (Å²) in [4.78, 5) is 38.8. The van der Waals surface area contributed by atoms with E-state index in [-0.39, 0.29) is 26.3 Å². The summed E-state index contributed by atoms with van der Waals surface area (Å²) in [5, 5.41) is 17.5. The number of alkyl halides is 3. The molecule has 2 amide bonds. The third-order valence-corrected chi connectivity index (χ3v) is 6.10. The zero-order valence-electron chi connectivity index (χ0n) is 18.0. The van der Waals surface area contributed by atoms with Crippen molar-refractivity contribution >= 4 is 44.7 Å². The largest absolute Gasteiger partial charge is 0.433 e. The molecule has 0 unspecified atom stereocenters. The van der Waals surface area contributed by atoms with Gasteiger partial charge in [0, 0.05) is 12.4 Å². The Labute approximate surface area is 198 Å². The molecule has 4 aromatic rings. The predicted molar refractivity (Wildman–Crippen MR) is 121 cm³/mol. The van der Waals surface area contributed by atoms with E-state index in [4.69, 9.17) is 5.73 Å². The van der Waals surface area contributed by atoms with Gasteiger partial charge in [0.2, 0.25) is 5.69 Å². The summed E-state index contributed by atoms with van der Waals surface area (Å²) in [6, 6.07) is 7.35. The number of nitrogens with two attached hydrogens (primary N) is 1. The second-order valence-electron chi connectivity index (χ2n) is 7.52. The molecule has 0 aliphatic rings. The van der Waals surface area contributed by atoms with E-state index in [0.29, 0.717) is 16.9 Å². The number of aryl methyl sites for hydroxylation is 2. The summed E-state index contributed by atoms with van der Waals surface area (Å²) >= 11 is 0.567. The van der Waals surface area contributed by atoms with Crippen LogP contribution in [0, 0.1) is 17.0 Å². The molecule has 0 aliphatic heterocycles. The maximum atomic E-state index is 13.6. The lowest BCUT2D eigenvalue weighted by Gasteiger charge is -2.12. The maximum absolute atomic E-state index is 13.6. The van der Waals surface area contributed by atoms with Gasteiger partial charge in [0.05, 0.1) is 10.6 Å². The van der Waals surface area contributed by atoms with E-state index in [1.807, 2.05) is 0 Å². The third-order valence-electron chi connectivity index (χ3n) is 5.00. The zero-order valence-corrected chi connectivity index (χ0v) is 18.8. The maximum Gasteiger partial charge on any atom is 0.433 e. The van der Waals surface area contributed by atoms with Crippen molar-refractivity contribution in [2.75, 3.05) is 5.32 Å². The first kappa shape index (κ1) is 23.8. The van der Waals surface area contributed by atoms with Crippen LogP contribution in [0.25, 0.3) is 21.3 Å². The number of primary amides is 1. The lowest BCUT2D eigenvalue weighted by Crippen LogP contribution is -2.18. The van der Waals surface area contributed by atoms with Crippen LogP contribution in [0.15, 0.2) is 36.5 Å². The molecule has 0 radical (unpaired) electrons. The van der Waals surface area contributed by atoms with E-state index in [2.05, 4.69) is 15.4 Å². The van der Waals surface area contributed by atoms with Gasteiger partial charge in [0.25, 0.3) is 11.8 Å². The number of rotatable bonds is 5. The summed E-state index contributed by atoms with van der Waals surface area (Å²) in [7, 11) is 1.37. The summed E-state index contributed by atoms with van der Waals surface area (Å²) in [6.07, 6.45) is -3.77. The second-order valence-corrected chi connectivity index (χ2v) is 8.52. The average molecular weight is 504 g/mol. The number of carbonyl (C=O) groups is 2. The van der Waals surface area contributed by atoms with Crippen LogP contribution in [-0.4, -0.2) is 31.5 Å². The lowest BCUT2D eigenvalue weighted by atomic mass is 10.00. The van der Waals surface area contributed by atoms with E-state index >= 15 is 0 Å². The molecule has 180 valence electrons. The fourth-order valence-corrected chi connectivity index (χ4v) is 4.45. The van der Waals surface area contributed by atoms with Crippen molar-refractivity contribution in [3.8, 4) is 11.1 Å². The van der Waals surface area contributed by atoms with Crippen LogP contribution < -0.4 is 11.1 Å². The number of hydrogen-bond acceptors (Lipinski definition) is 7. The van der Waals surface area contributed by atoms with Crippen LogP contribution >= 0.6 is 11.3 Å². The van der Waals surface area contributed by atoms with Crippen molar-refractivity contribution in [2.24, 2.45) is 12.8 Å². The highest BCUT2D eigenvalue weighted by Crippen LogP contribution is 2.44. The fourth-order valence-electron chi connectivity index (χ4n) is 3.44. The smallest absolute Gasteiger partial charge is 0.365 e. The van der Waals surface area contributed by atoms with Gasteiger partial charge in [-0.1, -0.05) is 29.8 Å². The molecular weight excluding hydrogens is 489 g/mol. The highest BCUT2D eigenvalue weighted by molar-refractivity contribution is 7.21. The van der Waals surface area contributed by atoms with Gasteiger partial charge in [-0.3, -0.25) is 24.4 Å². The Morgan fingerprint density at radius 1 is 1.23 bits per heavy atom. The molecule has 0 spiro atoms. The molecule has 0 atom stereocenters. The molecule has 14 heteroatoms. The Hall–Kier alpha value is -4.33. The number of amides is 2. The van der Waals surface area contributed by atoms with Crippen molar-refractivity contribution < 1.29 is 27.7 Å². The number of nitrogens with zero attached hydrogens (tertiary/aromatic N) is 4. The minimum Gasteiger partial charge on any atom is -0.365 e. The molecule has 35 heavy (non-hydrogen) atoms. The predicted octanol–water partition coefficient (Wildman–Crippen LogP) is 4.28. The fraction of sp³-hybridized carbons (Fsp3) is 0.143. The van der Waals surface area contributed by atoms with Crippen LogP contribution in [0.3, 0.4) is 0 Å². The SMILES string of the molecule is Cc1ccc(-c2cc(C(F)(F)F)nc3sc(C(N)=O)c(NC(=O)c4nn(C)cc4[N+](=O)[O-])c23)cc1. The van der Waals surface area contributed by atoms with Gasteiger partial charge >= 0.3 is 11.9 Å². The third kappa shape index (κ3) is 4.42. The highest BCUT2D eigenvalue weighted by Gasteiger charge is 2.35. The van der Waals surface area contributed by atoms with Gasteiger partial charge in [-0.25, -0.2) is 4.98 Å². The second kappa shape index (κ2) is 8.47. The zero-order chi connectivity index (χ0) is 25.7. The molecule has 4 rings (SSSR count). The summed E-state index contributed by atoms with van der Waals surface area (Å²) in [5.41, 5.74) is 4.15. The van der Waals surface area contributed by atoms with E-state index in [1.54, 1.807) is 31.2 Å². The van der Waals surface area contributed by atoms with Gasteiger partial charge in [-0.15, -0.1) is 11.3 Å². The number of nitro groups is 1. The number of aromatic nitrogens is 3. The summed E-state index contributed by atoms with van der Waals surface area (Å²) in [5.74, 6) is -2.07. The Morgan fingerprint density at radius 2 is 1.89 bits per heavy atom. The first-order valence-corrected chi connectivity index (χ1v) is 10.6. The first-order valence-electron chi connectivity index (χ1n) is 9.77. The molecule has 3 aromatic heterocycles. The van der Waals surface area contributed by atoms with Crippen molar-refractivity contribution in [1.82, 2.24) is 14.8 Å². The highest BCUT2D eigenvalue weighted by atomic mass is 32.1. The molecule has 1 aromatic carbocycles. The van der Waals surface area contributed by atoms with Crippen LogP contribution in [-0.2, 0) is 13.2 Å². The standard InChI is InChI=1S/C21H15F3N6O4S/c1-9-3-5-10(6-4-9)11-7-13(21(22,23)24)26-20-14(11)16(17(35-20)18(25)31)27-19(32)15-12(30(33)34)8-29(2)28-15/h3-8H,1-2H3,(H2,25,31)(H,27,32). The molecule has 0 saturated heterocycles. The van der Waals surface area contributed by atoms with Gasteiger partial charge in [-0.05, 0) is 24.1 Å². The number of fused-ring (bicyclic) bond motifs is 1. The molecule has 0 fully saturated rings. The monoisotopic (exact) mass is 504 g/mol. The number of pyridine rings is 1. The van der Waals surface area contributed by atoms with Crippen LogP contribution in [0.2, 0.25) is 0 Å². The van der Waals surface area contributed by atoms with E-state index in [1.165, 1.54) is 7.05 Å². The average Bonchev–Trinajstić information content (AvgIpc) is 3.34. The first-order chi connectivity index (χ1) is 16.4. The van der Waals surface area contributed by atoms with Crippen molar-refractivity contribution in [3.05, 3.63) is 68.5 Å².